The van der Waals surface area contributed by atoms with Gasteiger partial charge >= 0.3 is 13.8 Å². The molecule has 0 aromatic carbocycles. The summed E-state index contributed by atoms with van der Waals surface area (Å²) in [6.07, 6.45) is 59.9. The zero-order valence-corrected chi connectivity index (χ0v) is 45.9. The molecule has 2 atom stereocenters. The Morgan fingerprint density at radius 1 is 0.455 bits per heavy atom. The Labute approximate surface area is 411 Å². The summed E-state index contributed by atoms with van der Waals surface area (Å²) < 4.78 is 35.3. The van der Waals surface area contributed by atoms with Gasteiger partial charge in [-0.25, -0.2) is 4.57 Å². The molecule has 0 amide bonds. The number of hydrogen-bond acceptors (Lipinski definition) is 6. The topological polar surface area (TPSA) is 91.3 Å². The van der Waals surface area contributed by atoms with Gasteiger partial charge in [0, 0.05) is 13.0 Å². The molecule has 0 heterocycles. The van der Waals surface area contributed by atoms with Crippen LogP contribution in [-0.2, 0) is 27.9 Å². The third-order valence-corrected chi connectivity index (χ3v) is 14.1. The summed E-state index contributed by atoms with van der Waals surface area (Å²) in [5.41, 5.74) is 0. The number of carbonyl (C=O) groups is 1. The SMILES string of the molecule is CCCCCCCCCC/C=C\CCCCCCCCCCCCCC(=O)OC(COCCCCCCCCCCCCCCCCCCCCCCC)COP(=O)(O)OCC[N+](C)(C)C. The molecular weight excluding hydrogens is 842 g/mol. The van der Waals surface area contributed by atoms with E-state index in [2.05, 4.69) is 26.0 Å². The number of phosphoric acid groups is 1. The van der Waals surface area contributed by atoms with Crippen LogP contribution in [0.2, 0.25) is 0 Å². The number of nitrogens with zero attached hydrogens (tertiary/aromatic N) is 1. The van der Waals surface area contributed by atoms with Gasteiger partial charge in [0.15, 0.2) is 0 Å². The van der Waals surface area contributed by atoms with Crippen molar-refractivity contribution in [2.75, 3.05) is 54.1 Å². The van der Waals surface area contributed by atoms with Gasteiger partial charge in [-0.3, -0.25) is 13.8 Å². The Morgan fingerprint density at radius 2 is 0.788 bits per heavy atom. The molecule has 0 aromatic heterocycles. The molecule has 9 heteroatoms. The number of carbonyl (C=O) groups excluding carboxylic acids is 1. The summed E-state index contributed by atoms with van der Waals surface area (Å²) in [5, 5.41) is 0. The van der Waals surface area contributed by atoms with Crippen LogP contribution in [0.1, 0.15) is 290 Å². The van der Waals surface area contributed by atoms with E-state index in [9.17, 15) is 14.3 Å². The van der Waals surface area contributed by atoms with E-state index >= 15 is 0 Å². The number of unbranched alkanes of at least 4 members (excludes halogenated alkanes) is 39. The van der Waals surface area contributed by atoms with E-state index < -0.39 is 13.9 Å². The zero-order valence-electron chi connectivity index (χ0n) is 45.0. The van der Waals surface area contributed by atoms with E-state index in [0.717, 1.165) is 32.1 Å². The number of allylic oxidation sites excluding steroid dienone is 2. The van der Waals surface area contributed by atoms with Crippen molar-refractivity contribution in [3.63, 3.8) is 0 Å². The van der Waals surface area contributed by atoms with Crippen LogP contribution in [0.25, 0.3) is 0 Å². The highest BCUT2D eigenvalue weighted by atomic mass is 31.2. The summed E-state index contributed by atoms with van der Waals surface area (Å²) in [6.45, 7) is 5.70. The maximum Gasteiger partial charge on any atom is 0.472 e. The Bertz CT molecular complexity index is 1070. The van der Waals surface area contributed by atoms with Gasteiger partial charge in [0.25, 0.3) is 0 Å². The van der Waals surface area contributed by atoms with Crippen LogP contribution < -0.4 is 0 Å². The highest BCUT2D eigenvalue weighted by Crippen LogP contribution is 2.43. The van der Waals surface area contributed by atoms with E-state index in [-0.39, 0.29) is 25.8 Å². The molecule has 8 nitrogen and oxygen atoms in total. The van der Waals surface area contributed by atoms with Gasteiger partial charge in [-0.2, -0.15) is 0 Å². The molecular formula is C57H115NO7P+. The minimum absolute atomic E-state index is 0.0925. The number of hydrogen-bond donors (Lipinski definition) is 1. The maximum atomic E-state index is 12.8. The van der Waals surface area contributed by atoms with Crippen molar-refractivity contribution in [1.29, 1.82) is 0 Å². The second-order valence-corrected chi connectivity index (χ2v) is 22.5. The Balaban J connectivity index is 4.03. The molecule has 0 fully saturated rings. The number of esters is 1. The summed E-state index contributed by atoms with van der Waals surface area (Å²) in [4.78, 5) is 23.1. The third kappa shape index (κ3) is 54.2. The quantitative estimate of drug-likeness (QED) is 0.0213. The van der Waals surface area contributed by atoms with Crippen LogP contribution in [0, 0.1) is 0 Å². The van der Waals surface area contributed by atoms with Crippen LogP contribution in [0.3, 0.4) is 0 Å². The minimum Gasteiger partial charge on any atom is -0.457 e. The summed E-state index contributed by atoms with van der Waals surface area (Å²) in [7, 11) is 1.69. The standard InChI is InChI=1S/C57H114NO7P/c1-6-8-10-12-14-16-18-20-22-24-26-28-29-30-32-34-36-38-40-42-44-46-48-50-57(59)65-56(55-64-66(60,61)63-53-51-58(3,4)5)54-62-52-49-47-45-43-41-39-37-35-33-31-27-25-23-21-19-17-15-13-11-9-7-2/h24,26,56H,6-23,25,27-55H2,1-5H3/p+1/b26-24-. The molecule has 1 N–H and O–H groups in total. The number of likely N-dealkylation sites (N-methyl/N-ethyl adjacent to an activating group) is 1. The van der Waals surface area contributed by atoms with Crippen molar-refractivity contribution < 1.29 is 37.3 Å². The minimum atomic E-state index is -4.28. The molecule has 0 saturated carbocycles. The van der Waals surface area contributed by atoms with E-state index in [1.54, 1.807) is 0 Å². The van der Waals surface area contributed by atoms with E-state index in [0.29, 0.717) is 24.1 Å². The molecule has 0 saturated heterocycles. The second-order valence-electron chi connectivity index (χ2n) is 21.0. The van der Waals surface area contributed by atoms with Gasteiger partial charge < -0.3 is 18.9 Å². The normalized spacial score (nSPS) is 13.5. The van der Waals surface area contributed by atoms with Gasteiger partial charge in [-0.15, -0.1) is 0 Å². The van der Waals surface area contributed by atoms with Crippen LogP contribution in [0.4, 0.5) is 0 Å². The van der Waals surface area contributed by atoms with Crippen molar-refractivity contribution in [3.8, 4) is 0 Å². The van der Waals surface area contributed by atoms with Gasteiger partial charge in [0.05, 0.1) is 34.4 Å². The predicted molar refractivity (Wildman–Crippen MR) is 284 cm³/mol. The van der Waals surface area contributed by atoms with Crippen LogP contribution in [0.15, 0.2) is 12.2 Å². The summed E-state index contributed by atoms with van der Waals surface area (Å²) >= 11 is 0. The van der Waals surface area contributed by atoms with Gasteiger partial charge in [0.2, 0.25) is 0 Å². The van der Waals surface area contributed by atoms with Crippen LogP contribution in [0.5, 0.6) is 0 Å². The molecule has 0 rings (SSSR count). The third-order valence-electron chi connectivity index (χ3n) is 13.1. The van der Waals surface area contributed by atoms with Gasteiger partial charge in [-0.1, -0.05) is 257 Å². The monoisotopic (exact) mass is 957 g/mol. The lowest BCUT2D eigenvalue weighted by molar-refractivity contribution is -0.870. The Hall–Kier alpha value is -0.760. The van der Waals surface area contributed by atoms with E-state index in [1.165, 1.54) is 238 Å². The molecule has 0 bridgehead atoms. The van der Waals surface area contributed by atoms with Gasteiger partial charge in [-0.05, 0) is 38.5 Å². The Morgan fingerprint density at radius 3 is 1.15 bits per heavy atom. The van der Waals surface area contributed by atoms with Crippen molar-refractivity contribution in [2.24, 2.45) is 0 Å². The number of rotatable bonds is 55. The largest absolute Gasteiger partial charge is 0.472 e. The van der Waals surface area contributed by atoms with Gasteiger partial charge in [0.1, 0.15) is 19.3 Å². The number of ether oxygens (including phenoxy) is 2. The van der Waals surface area contributed by atoms with Crippen molar-refractivity contribution in [3.05, 3.63) is 12.2 Å². The molecule has 0 aliphatic carbocycles. The first-order valence-corrected chi connectivity index (χ1v) is 30.4. The molecule has 0 aliphatic heterocycles. The van der Waals surface area contributed by atoms with Crippen LogP contribution in [-0.4, -0.2) is 75.6 Å². The molecule has 66 heavy (non-hydrogen) atoms. The fraction of sp³-hybridized carbons (Fsp3) is 0.947. The number of phosphoric ester groups is 1. The molecule has 0 aromatic rings. The summed E-state index contributed by atoms with van der Waals surface area (Å²) in [6, 6.07) is 0. The molecule has 2 unspecified atom stereocenters. The molecule has 0 spiro atoms. The zero-order chi connectivity index (χ0) is 48.3. The highest BCUT2D eigenvalue weighted by Gasteiger charge is 2.26. The van der Waals surface area contributed by atoms with E-state index in [1.807, 2.05) is 21.1 Å². The lowest BCUT2D eigenvalue weighted by Gasteiger charge is -2.24. The first kappa shape index (κ1) is 65.2. The molecule has 0 aliphatic rings. The average Bonchev–Trinajstić information content (AvgIpc) is 3.28. The highest BCUT2D eigenvalue weighted by molar-refractivity contribution is 7.47. The van der Waals surface area contributed by atoms with E-state index in [4.69, 9.17) is 18.5 Å². The predicted octanol–water partition coefficient (Wildman–Crippen LogP) is 18.1. The Kier molecular flexibility index (Phi) is 50.0. The average molecular weight is 958 g/mol. The van der Waals surface area contributed by atoms with Crippen molar-refractivity contribution in [1.82, 2.24) is 0 Å². The maximum absolute atomic E-state index is 12.8. The summed E-state index contributed by atoms with van der Waals surface area (Å²) in [5.74, 6) is -0.306. The van der Waals surface area contributed by atoms with Crippen molar-refractivity contribution >= 4 is 13.8 Å². The lowest BCUT2D eigenvalue weighted by Crippen LogP contribution is -2.37. The van der Waals surface area contributed by atoms with Crippen LogP contribution >= 0.6 is 7.82 Å². The molecule has 0 radical (unpaired) electrons. The first-order chi connectivity index (χ1) is 32.1. The first-order valence-electron chi connectivity index (χ1n) is 28.9. The smallest absolute Gasteiger partial charge is 0.457 e. The van der Waals surface area contributed by atoms with Crippen molar-refractivity contribution in [2.45, 2.75) is 296 Å². The molecule has 394 valence electrons. The second kappa shape index (κ2) is 50.6. The number of quaternary nitrogens is 1. The lowest BCUT2D eigenvalue weighted by atomic mass is 10.0. The fourth-order valence-corrected chi connectivity index (χ4v) is 9.35. The fourth-order valence-electron chi connectivity index (χ4n) is 8.61.